The van der Waals surface area contributed by atoms with Gasteiger partial charge in [0, 0.05) is 11.8 Å². The lowest BCUT2D eigenvalue weighted by Crippen LogP contribution is -2.53. The van der Waals surface area contributed by atoms with Crippen molar-refractivity contribution in [3.05, 3.63) is 0 Å². The van der Waals surface area contributed by atoms with Gasteiger partial charge in [-0.05, 0) is 44.4 Å². The summed E-state index contributed by atoms with van der Waals surface area (Å²) in [6, 6.07) is -2.02. The lowest BCUT2D eigenvalue weighted by atomic mass is 9.82. The zero-order chi connectivity index (χ0) is 19.7. The van der Waals surface area contributed by atoms with Crippen LogP contribution in [0.5, 0.6) is 0 Å². The number of hydrogen-bond donors (Lipinski definition) is 4. The van der Waals surface area contributed by atoms with Crippen LogP contribution >= 0.6 is 22.5 Å². The SMILES string of the molecule is CCN(C(C1CCC(F)CC1)C(F)(F)F)S(O)(O)C1CCC(C(N)O)S1. The molecule has 11 heteroatoms. The third-order valence-electron chi connectivity index (χ3n) is 5.20. The van der Waals surface area contributed by atoms with Gasteiger partial charge in [-0.15, -0.1) is 22.5 Å². The highest BCUT2D eigenvalue weighted by atomic mass is 32.3. The number of nitrogens with two attached hydrogens (primary N) is 1. The van der Waals surface area contributed by atoms with Gasteiger partial charge >= 0.3 is 6.18 Å². The third-order valence-corrected chi connectivity index (χ3v) is 9.83. The van der Waals surface area contributed by atoms with Crippen molar-refractivity contribution in [3.8, 4) is 0 Å². The topological polar surface area (TPSA) is 90.0 Å². The van der Waals surface area contributed by atoms with E-state index < -0.39 is 51.1 Å². The van der Waals surface area contributed by atoms with Crippen LogP contribution in [0, 0.1) is 5.92 Å². The highest BCUT2D eigenvalue weighted by Crippen LogP contribution is 2.61. The quantitative estimate of drug-likeness (QED) is 0.382. The maximum Gasteiger partial charge on any atom is 0.405 e. The molecule has 156 valence electrons. The van der Waals surface area contributed by atoms with Crippen molar-refractivity contribution in [2.24, 2.45) is 11.7 Å². The molecule has 0 aromatic rings. The molecule has 0 bridgehead atoms. The molecule has 5 N–H and O–H groups in total. The minimum absolute atomic E-state index is 0.0631. The monoisotopic (exact) mass is 424 g/mol. The molecular formula is C15H28F4N2O3S2. The summed E-state index contributed by atoms with van der Waals surface area (Å²) in [6.07, 6.45) is -5.96. The van der Waals surface area contributed by atoms with Gasteiger partial charge in [-0.25, -0.2) is 4.39 Å². The molecule has 1 aliphatic heterocycles. The third kappa shape index (κ3) is 4.98. The fourth-order valence-corrected chi connectivity index (χ4v) is 8.09. The van der Waals surface area contributed by atoms with Gasteiger partial charge in [-0.1, -0.05) is 6.92 Å². The minimum atomic E-state index is -4.65. The molecule has 1 saturated carbocycles. The molecule has 1 heterocycles. The van der Waals surface area contributed by atoms with Gasteiger partial charge in [-0.2, -0.15) is 17.5 Å². The van der Waals surface area contributed by atoms with E-state index in [2.05, 4.69) is 0 Å². The van der Waals surface area contributed by atoms with E-state index in [0.29, 0.717) is 6.42 Å². The van der Waals surface area contributed by atoms with E-state index in [1.807, 2.05) is 0 Å². The molecule has 4 atom stereocenters. The van der Waals surface area contributed by atoms with Gasteiger partial charge in [-0.3, -0.25) is 9.11 Å². The first-order valence-corrected chi connectivity index (χ1v) is 11.3. The molecule has 2 rings (SSSR count). The fourth-order valence-electron chi connectivity index (χ4n) is 3.88. The Balaban J connectivity index is 2.23. The molecule has 26 heavy (non-hydrogen) atoms. The van der Waals surface area contributed by atoms with Crippen LogP contribution in [0.3, 0.4) is 0 Å². The van der Waals surface area contributed by atoms with Gasteiger partial charge in [0.15, 0.2) is 0 Å². The summed E-state index contributed by atoms with van der Waals surface area (Å²) in [5, 5.41) is 9.04. The molecule has 1 aliphatic carbocycles. The Labute approximate surface area is 157 Å². The number of aliphatic hydroxyl groups excluding tert-OH is 1. The van der Waals surface area contributed by atoms with E-state index in [1.165, 1.54) is 6.92 Å². The number of aliphatic hydroxyl groups is 1. The molecule has 0 radical (unpaired) electrons. The zero-order valence-corrected chi connectivity index (χ0v) is 16.2. The Hall–Kier alpha value is 0.220. The average Bonchev–Trinajstić information content (AvgIpc) is 3.03. The lowest BCUT2D eigenvalue weighted by Gasteiger charge is -2.52. The number of thioether (sulfide) groups is 1. The van der Waals surface area contributed by atoms with Crippen molar-refractivity contribution in [2.45, 2.75) is 79.9 Å². The molecule has 0 spiro atoms. The summed E-state index contributed by atoms with van der Waals surface area (Å²) in [6.45, 7) is 1.28. The van der Waals surface area contributed by atoms with Crippen molar-refractivity contribution >= 4 is 22.5 Å². The van der Waals surface area contributed by atoms with E-state index in [1.54, 1.807) is 0 Å². The second-order valence-electron chi connectivity index (χ2n) is 6.97. The predicted octanol–water partition coefficient (Wildman–Crippen LogP) is 3.93. The van der Waals surface area contributed by atoms with Gasteiger partial charge < -0.3 is 10.8 Å². The van der Waals surface area contributed by atoms with Gasteiger partial charge in [0.05, 0.1) is 0 Å². The summed E-state index contributed by atoms with van der Waals surface area (Å²) in [5.74, 6) is -0.865. The molecule has 2 aliphatic rings. The van der Waals surface area contributed by atoms with E-state index in [-0.39, 0.29) is 38.6 Å². The summed E-state index contributed by atoms with van der Waals surface area (Å²) >= 11 is 1.04. The van der Waals surface area contributed by atoms with Crippen molar-refractivity contribution in [3.63, 3.8) is 0 Å². The van der Waals surface area contributed by atoms with Gasteiger partial charge in [0.1, 0.15) is 23.0 Å². The number of halogens is 4. The molecule has 5 nitrogen and oxygen atoms in total. The predicted molar refractivity (Wildman–Crippen MR) is 96.5 cm³/mol. The molecule has 0 aromatic heterocycles. The number of rotatable bonds is 6. The second-order valence-corrected chi connectivity index (χ2v) is 10.9. The average molecular weight is 425 g/mol. The summed E-state index contributed by atoms with van der Waals surface area (Å²) < 4.78 is 76.3. The van der Waals surface area contributed by atoms with Crippen LogP contribution in [0.4, 0.5) is 17.6 Å². The van der Waals surface area contributed by atoms with Crippen LogP contribution in [-0.2, 0) is 0 Å². The lowest BCUT2D eigenvalue weighted by molar-refractivity contribution is -0.189. The Morgan fingerprint density at radius 2 is 1.73 bits per heavy atom. The largest absolute Gasteiger partial charge is 0.405 e. The van der Waals surface area contributed by atoms with E-state index >= 15 is 0 Å². The van der Waals surface area contributed by atoms with Crippen LogP contribution in [0.1, 0.15) is 45.4 Å². The number of nitrogens with zero attached hydrogens (tertiary/aromatic N) is 1. The Morgan fingerprint density at radius 1 is 1.15 bits per heavy atom. The molecule has 4 unspecified atom stereocenters. The normalized spacial score (nSPS) is 34.1. The van der Waals surface area contributed by atoms with Gasteiger partial charge in [0.25, 0.3) is 0 Å². The van der Waals surface area contributed by atoms with Crippen LogP contribution in [-0.4, -0.2) is 59.5 Å². The number of hydrogen-bond acceptors (Lipinski definition) is 6. The summed E-state index contributed by atoms with van der Waals surface area (Å²) in [4.78, 5) is 0. The van der Waals surface area contributed by atoms with Crippen LogP contribution in [0.15, 0.2) is 0 Å². The Bertz CT molecular complexity index is 463. The molecule has 0 aromatic carbocycles. The highest BCUT2D eigenvalue weighted by molar-refractivity contribution is 8.31. The highest BCUT2D eigenvalue weighted by Gasteiger charge is 2.54. The van der Waals surface area contributed by atoms with Gasteiger partial charge in [0.2, 0.25) is 0 Å². The summed E-state index contributed by atoms with van der Waals surface area (Å²) in [5.41, 5.74) is 5.42. The first-order valence-electron chi connectivity index (χ1n) is 8.82. The molecule has 0 amide bonds. The standard InChI is InChI=1S/C15H28F4N2O3S2/c1-2-21(26(23,24)12-8-7-11(25-12)14(20)22)13(15(17,18)19)9-3-5-10(16)6-4-9/h9-14,22-24H,2-8,20H2,1H3. The van der Waals surface area contributed by atoms with Crippen molar-refractivity contribution in [2.75, 3.05) is 6.54 Å². The first kappa shape index (κ1) is 22.5. The van der Waals surface area contributed by atoms with Crippen molar-refractivity contribution < 1.29 is 31.8 Å². The smallest absolute Gasteiger partial charge is 0.378 e. The maximum absolute atomic E-state index is 13.8. The van der Waals surface area contributed by atoms with Crippen LogP contribution in [0.2, 0.25) is 0 Å². The van der Waals surface area contributed by atoms with E-state index in [0.717, 1.165) is 16.1 Å². The Morgan fingerprint density at radius 3 is 2.15 bits per heavy atom. The fraction of sp³-hybridized carbons (Fsp3) is 1.00. The molecular weight excluding hydrogens is 396 g/mol. The Kier molecular flexibility index (Phi) is 7.54. The minimum Gasteiger partial charge on any atom is -0.378 e. The zero-order valence-electron chi connectivity index (χ0n) is 14.6. The summed E-state index contributed by atoms with van der Waals surface area (Å²) in [7, 11) is -3.75. The molecule has 1 saturated heterocycles. The number of alkyl halides is 4. The van der Waals surface area contributed by atoms with Crippen LogP contribution < -0.4 is 5.73 Å². The van der Waals surface area contributed by atoms with Crippen LogP contribution in [0.25, 0.3) is 0 Å². The van der Waals surface area contributed by atoms with E-state index in [4.69, 9.17) is 5.73 Å². The molecule has 2 fully saturated rings. The van der Waals surface area contributed by atoms with Crippen molar-refractivity contribution in [1.82, 2.24) is 4.31 Å². The van der Waals surface area contributed by atoms with Crippen molar-refractivity contribution in [1.29, 1.82) is 0 Å². The second kappa shape index (κ2) is 8.71. The maximum atomic E-state index is 13.8. The first-order chi connectivity index (χ1) is 12.0. The van der Waals surface area contributed by atoms with E-state index in [9.17, 15) is 31.8 Å².